The van der Waals surface area contributed by atoms with Crippen molar-refractivity contribution in [1.82, 2.24) is 40.3 Å². The fraction of sp³-hybridized carbons (Fsp3) is 0.558. The molecule has 0 radical (unpaired) electrons. The summed E-state index contributed by atoms with van der Waals surface area (Å²) in [5.41, 5.74) is 3.82. The molecule has 4 fully saturated rings. The van der Waals surface area contributed by atoms with E-state index in [0.717, 1.165) is 59.7 Å². The monoisotopic (exact) mass is 1050 g/mol. The normalized spacial score (nSPS) is 23.5. The molecule has 5 atom stereocenters. The van der Waals surface area contributed by atoms with Crippen LogP contribution in [0, 0.1) is 18.8 Å². The van der Waals surface area contributed by atoms with Crippen molar-refractivity contribution in [3.63, 3.8) is 0 Å². The molecule has 4 aliphatic rings. The first-order valence-corrected chi connectivity index (χ1v) is 27.2. The fourth-order valence-electron chi connectivity index (χ4n) is 10.3. The first-order chi connectivity index (χ1) is 34.4. The maximum absolute atomic E-state index is 15.2. The molecule has 4 aromatic rings. The molecule has 8 rings (SSSR count). The topological polar surface area (TPSA) is 194 Å². The third-order valence-corrected chi connectivity index (χ3v) is 17.7. The molecule has 2 aliphatic carbocycles. The van der Waals surface area contributed by atoms with Gasteiger partial charge in [-0.3, -0.25) is 24.1 Å². The molecule has 2 saturated heterocycles. The minimum absolute atomic E-state index is 0.0563. The number of amides is 4. The number of methoxy groups -OCH3 is 1. The molecule has 2 aliphatic heterocycles. The van der Waals surface area contributed by atoms with Gasteiger partial charge in [-0.25, -0.2) is 14.4 Å². The summed E-state index contributed by atoms with van der Waals surface area (Å²) in [6, 6.07) is 11.4. The first-order valence-electron chi connectivity index (χ1n) is 25.0. The molecule has 2 unspecified atom stereocenters. The number of likely N-dealkylation sites (tertiary alicyclic amines) is 1. The Kier molecular flexibility index (Phi) is 16.7. The fourth-order valence-corrected chi connectivity index (χ4v) is 12.6. The number of nitrogens with one attached hydrogen (secondary N) is 4. The van der Waals surface area contributed by atoms with Crippen molar-refractivity contribution in [3.05, 3.63) is 76.0 Å². The SMILES string of the molecule is CNc1nc(Nc2ccc(C(=O)N3C[C@@H](C)N(CC4CCC(CSC(C)(C)C(NC(=O)C5(F)CC5)C(=O)N5CC(O)C[C@H]5C(=O)NCc5ccc(-c6scnc6C)cc5)CC4)[C@@H](C)C3)cc2OC)ncc1Cl. The van der Waals surface area contributed by atoms with Crippen LogP contribution in [0.5, 0.6) is 5.75 Å². The Hall–Kier alpha value is -5.08. The molecule has 0 bridgehead atoms. The Labute approximate surface area is 435 Å². The zero-order chi connectivity index (χ0) is 51.5. The van der Waals surface area contributed by atoms with E-state index in [9.17, 15) is 24.3 Å². The Morgan fingerprint density at radius 2 is 1.71 bits per heavy atom. The number of thioether (sulfide) groups is 1. The van der Waals surface area contributed by atoms with Gasteiger partial charge >= 0.3 is 0 Å². The number of nitrogens with zero attached hydrogens (tertiary/aromatic N) is 6. The molecule has 4 heterocycles. The van der Waals surface area contributed by atoms with Gasteiger partial charge < -0.3 is 40.9 Å². The summed E-state index contributed by atoms with van der Waals surface area (Å²) < 4.78 is 20.0. The predicted octanol–water partition coefficient (Wildman–Crippen LogP) is 7.47. The van der Waals surface area contributed by atoms with E-state index in [1.807, 2.05) is 55.4 Å². The smallest absolute Gasteiger partial charge is 0.258 e. The van der Waals surface area contributed by atoms with E-state index in [2.05, 4.69) is 55.0 Å². The molecular weight excluding hydrogens is 979 g/mol. The summed E-state index contributed by atoms with van der Waals surface area (Å²) in [6.45, 7) is 12.4. The summed E-state index contributed by atoms with van der Waals surface area (Å²) in [7, 11) is 3.28. The van der Waals surface area contributed by atoms with Gasteiger partial charge in [0.1, 0.15) is 28.7 Å². The average molecular weight is 1050 g/mol. The lowest BCUT2D eigenvalue weighted by atomic mass is 9.82. The highest BCUT2D eigenvalue weighted by Gasteiger charge is 2.54. The number of aromatic nitrogens is 3. The maximum atomic E-state index is 15.2. The molecule has 2 saturated carbocycles. The van der Waals surface area contributed by atoms with Gasteiger partial charge in [0, 0.05) is 68.6 Å². The third-order valence-electron chi connectivity index (χ3n) is 14.8. The largest absolute Gasteiger partial charge is 0.495 e. The van der Waals surface area contributed by atoms with Crippen LogP contribution < -0.4 is 26.0 Å². The Bertz CT molecular complexity index is 2580. The zero-order valence-electron chi connectivity index (χ0n) is 42.2. The van der Waals surface area contributed by atoms with E-state index in [1.165, 1.54) is 11.1 Å². The number of aliphatic hydroxyl groups excluding tert-OH is 1. The van der Waals surface area contributed by atoms with Crippen LogP contribution in [0.1, 0.15) is 94.3 Å². The molecule has 5 N–H and O–H groups in total. The van der Waals surface area contributed by atoms with Crippen LogP contribution in [0.25, 0.3) is 10.4 Å². The second-order valence-electron chi connectivity index (χ2n) is 20.5. The van der Waals surface area contributed by atoms with E-state index in [0.29, 0.717) is 58.7 Å². The van der Waals surface area contributed by atoms with Gasteiger partial charge in [-0.15, -0.1) is 11.3 Å². The summed E-state index contributed by atoms with van der Waals surface area (Å²) in [5.74, 6) is 1.16. The number of hydrogen-bond acceptors (Lipinski definition) is 14. The van der Waals surface area contributed by atoms with Crippen LogP contribution in [-0.4, -0.2) is 145 Å². The van der Waals surface area contributed by atoms with Crippen molar-refractivity contribution in [2.45, 2.75) is 127 Å². The molecule has 4 amide bonds. The number of aryl methyl sites for hydroxylation is 1. The lowest BCUT2D eigenvalue weighted by Crippen LogP contribution is -2.61. The number of alkyl halides is 1. The number of halogens is 2. The van der Waals surface area contributed by atoms with Gasteiger partial charge in [0.25, 0.3) is 11.8 Å². The van der Waals surface area contributed by atoms with Gasteiger partial charge in [0.2, 0.25) is 17.8 Å². The predicted molar refractivity (Wildman–Crippen MR) is 282 cm³/mol. The lowest BCUT2D eigenvalue weighted by Gasteiger charge is -2.46. The minimum Gasteiger partial charge on any atom is -0.495 e. The molecule has 2 aromatic carbocycles. The average Bonchev–Trinajstić information content (AvgIpc) is 3.78. The van der Waals surface area contributed by atoms with Crippen molar-refractivity contribution in [2.75, 3.05) is 56.7 Å². The summed E-state index contributed by atoms with van der Waals surface area (Å²) in [4.78, 5) is 75.5. The molecule has 0 spiro atoms. The second kappa shape index (κ2) is 22.6. The van der Waals surface area contributed by atoms with Crippen LogP contribution in [0.3, 0.4) is 0 Å². The molecule has 16 nitrogen and oxygen atoms in total. The van der Waals surface area contributed by atoms with Crippen molar-refractivity contribution in [3.8, 4) is 16.2 Å². The zero-order valence-corrected chi connectivity index (χ0v) is 44.6. The summed E-state index contributed by atoms with van der Waals surface area (Å²) in [5, 5.41) is 23.1. The van der Waals surface area contributed by atoms with Gasteiger partial charge in [-0.1, -0.05) is 35.9 Å². The Morgan fingerprint density at radius 1 is 1.01 bits per heavy atom. The van der Waals surface area contributed by atoms with Crippen LogP contribution in [-0.2, 0) is 20.9 Å². The van der Waals surface area contributed by atoms with Gasteiger partial charge in [0.15, 0.2) is 5.67 Å². The van der Waals surface area contributed by atoms with Crippen LogP contribution in [0.4, 0.5) is 21.8 Å². The number of benzene rings is 2. The highest BCUT2D eigenvalue weighted by Crippen LogP contribution is 2.42. The molecule has 388 valence electrons. The van der Waals surface area contributed by atoms with Crippen molar-refractivity contribution in [1.29, 1.82) is 0 Å². The molecule has 2 aromatic heterocycles. The van der Waals surface area contributed by atoms with Crippen molar-refractivity contribution in [2.24, 2.45) is 11.8 Å². The number of β-amino-alcohol motifs (C(OH)–C–C–N with tert-alkyl or cyclic N) is 1. The van der Waals surface area contributed by atoms with Gasteiger partial charge in [-0.2, -0.15) is 16.7 Å². The second-order valence-corrected chi connectivity index (χ2v) is 23.5. The Balaban J connectivity index is 0.831. The van der Waals surface area contributed by atoms with E-state index in [4.69, 9.17) is 16.3 Å². The number of hydrogen-bond donors (Lipinski definition) is 5. The number of aliphatic hydroxyl groups is 1. The van der Waals surface area contributed by atoms with Crippen LogP contribution in [0.15, 0.2) is 54.2 Å². The molecule has 20 heteroatoms. The number of rotatable bonds is 18. The number of anilines is 3. The van der Waals surface area contributed by atoms with Crippen molar-refractivity contribution < 1.29 is 33.4 Å². The standard InChI is InChI=1S/C52H68ClFN10O6S2/c1-30-24-62(47(67)37-16-17-40(42(20-37)70-7)59-50-57-23-39(53)45(55-6)61-50)25-31(2)63(30)26-34-8-10-35(11-9-34)28-72-51(4,5)44(60-49(69)52(54)18-19-52)48(68)64-27-38(65)21-41(64)46(66)56-22-33-12-14-36(15-13-33)43-32(3)58-29-71-43/h12-17,20,23,29-31,34-35,38,41,44,65H,8-11,18-19,21-22,24-28H2,1-7H3,(H,56,66)(H,60,69)(H2,55,57,59,61)/t30-,31+,34?,35?,38?,41-,44?/m0/s1. The number of thiazole rings is 1. The quantitative estimate of drug-likeness (QED) is 0.0660. The number of piperazine rings is 1. The first kappa shape index (κ1) is 53.2. The Morgan fingerprint density at radius 3 is 2.35 bits per heavy atom. The number of carbonyl (C=O) groups is 4. The third kappa shape index (κ3) is 12.3. The van der Waals surface area contributed by atoms with E-state index in [1.54, 1.807) is 55.5 Å². The highest BCUT2D eigenvalue weighted by molar-refractivity contribution is 8.00. The number of ether oxygens (including phenoxy) is 1. The van der Waals surface area contributed by atoms with E-state index in [-0.39, 0.29) is 50.3 Å². The van der Waals surface area contributed by atoms with E-state index >= 15 is 4.39 Å². The van der Waals surface area contributed by atoms with Crippen LogP contribution >= 0.6 is 34.7 Å². The maximum Gasteiger partial charge on any atom is 0.258 e. The summed E-state index contributed by atoms with van der Waals surface area (Å²) in [6.07, 6.45) is 4.95. The number of carbonyl (C=O) groups excluding carboxylic acids is 4. The van der Waals surface area contributed by atoms with Gasteiger partial charge in [0.05, 0.1) is 41.2 Å². The summed E-state index contributed by atoms with van der Waals surface area (Å²) >= 11 is 9.32. The van der Waals surface area contributed by atoms with Crippen LogP contribution in [0.2, 0.25) is 5.02 Å². The molecular formula is C52H68ClFN10O6S2. The highest BCUT2D eigenvalue weighted by atomic mass is 35.5. The lowest BCUT2D eigenvalue weighted by molar-refractivity contribution is -0.143. The minimum atomic E-state index is -2.00. The van der Waals surface area contributed by atoms with Crippen molar-refractivity contribution >= 4 is 75.8 Å². The van der Waals surface area contributed by atoms with Gasteiger partial charge in [-0.05, 0) is 120 Å². The van der Waals surface area contributed by atoms with E-state index < -0.39 is 46.3 Å². The molecule has 72 heavy (non-hydrogen) atoms.